The molecule has 1 heterocycles. The molecule has 3 rings (SSSR count). The summed E-state index contributed by atoms with van der Waals surface area (Å²) in [6.45, 7) is 4.62. The predicted octanol–water partition coefficient (Wildman–Crippen LogP) is 3.30. The number of Topliss-reactive ketones (excluding diaryl/α,β-unsaturated/α-hetero) is 1. The number of hydrogen-bond donors (Lipinski definition) is 1. The minimum atomic E-state index is -0.716. The van der Waals surface area contributed by atoms with E-state index in [2.05, 4.69) is 0 Å². The van der Waals surface area contributed by atoms with E-state index in [1.807, 2.05) is 51.0 Å². The summed E-state index contributed by atoms with van der Waals surface area (Å²) in [6.07, 6.45) is 0. The molecule has 1 N–H and O–H groups in total. The van der Waals surface area contributed by atoms with E-state index >= 15 is 0 Å². The highest BCUT2D eigenvalue weighted by Gasteiger charge is 2.46. The lowest BCUT2D eigenvalue weighted by Crippen LogP contribution is -2.35. The van der Waals surface area contributed by atoms with Crippen LogP contribution >= 0.6 is 0 Å². The summed E-state index contributed by atoms with van der Waals surface area (Å²) >= 11 is 0. The van der Waals surface area contributed by atoms with Gasteiger partial charge in [0.15, 0.2) is 0 Å². The van der Waals surface area contributed by atoms with E-state index in [0.717, 1.165) is 11.1 Å². The van der Waals surface area contributed by atoms with Crippen molar-refractivity contribution in [3.8, 4) is 11.5 Å². The number of rotatable bonds is 7. The maximum Gasteiger partial charge on any atom is 0.295 e. The molecule has 1 fully saturated rings. The van der Waals surface area contributed by atoms with Crippen LogP contribution in [0.5, 0.6) is 11.5 Å². The van der Waals surface area contributed by atoms with E-state index in [1.165, 1.54) is 4.90 Å². The van der Waals surface area contributed by atoms with Crippen molar-refractivity contribution >= 4 is 17.4 Å². The first-order valence-electron chi connectivity index (χ1n) is 10.4. The topological polar surface area (TPSA) is 79.3 Å². The molecule has 2 aromatic rings. The van der Waals surface area contributed by atoms with Gasteiger partial charge in [-0.2, -0.15) is 0 Å². The maximum atomic E-state index is 13.2. The summed E-state index contributed by atoms with van der Waals surface area (Å²) in [6, 6.07) is 10.1. The molecule has 7 nitrogen and oxygen atoms in total. The number of likely N-dealkylation sites (tertiary alicyclic amines) is 1. The molecule has 0 radical (unpaired) electrons. The standard InChI is InChI=1S/C25H30N2O5/c1-15-13-20(32-6)16(2)12-19(15)23(28)21-22(17-8-7-9-18(14-17)31-5)27(11-10-26(3)4)25(30)24(21)29/h7-9,12-14,22,28H,10-11H2,1-6H3/b23-21+. The fraction of sp³-hybridized carbons (Fsp3) is 0.360. The third-order valence-electron chi connectivity index (χ3n) is 5.73. The van der Waals surface area contributed by atoms with Crippen molar-refractivity contribution < 1.29 is 24.2 Å². The zero-order valence-corrected chi connectivity index (χ0v) is 19.4. The van der Waals surface area contributed by atoms with Crippen molar-refractivity contribution in [2.45, 2.75) is 19.9 Å². The lowest BCUT2D eigenvalue weighted by atomic mass is 9.93. The quantitative estimate of drug-likeness (QED) is 0.406. The molecule has 1 atom stereocenters. The molecule has 7 heteroatoms. The summed E-state index contributed by atoms with van der Waals surface area (Å²) in [5, 5.41) is 11.3. The molecule has 0 bridgehead atoms. The van der Waals surface area contributed by atoms with Crippen molar-refractivity contribution in [3.05, 3.63) is 64.2 Å². The van der Waals surface area contributed by atoms with Gasteiger partial charge < -0.3 is 24.4 Å². The highest BCUT2D eigenvalue weighted by atomic mass is 16.5. The van der Waals surface area contributed by atoms with Crippen LogP contribution in [0.3, 0.4) is 0 Å². The Morgan fingerprint density at radius 1 is 1.06 bits per heavy atom. The fourth-order valence-electron chi connectivity index (χ4n) is 3.99. The monoisotopic (exact) mass is 438 g/mol. The van der Waals surface area contributed by atoms with Crippen LogP contribution in [0.25, 0.3) is 5.76 Å². The SMILES string of the molecule is COc1cccc(C2/C(=C(\O)c3cc(C)c(OC)cc3C)C(=O)C(=O)N2CCN(C)C)c1. The Kier molecular flexibility index (Phi) is 6.89. The van der Waals surface area contributed by atoms with Gasteiger partial charge in [-0.1, -0.05) is 12.1 Å². The number of carbonyl (C=O) groups excluding carboxylic acids is 2. The number of methoxy groups -OCH3 is 2. The van der Waals surface area contributed by atoms with Gasteiger partial charge in [-0.3, -0.25) is 9.59 Å². The minimum Gasteiger partial charge on any atom is -0.507 e. The van der Waals surface area contributed by atoms with Crippen LogP contribution in [0.1, 0.15) is 28.3 Å². The van der Waals surface area contributed by atoms with Crippen molar-refractivity contribution in [3.63, 3.8) is 0 Å². The average molecular weight is 439 g/mol. The molecule has 32 heavy (non-hydrogen) atoms. The van der Waals surface area contributed by atoms with Crippen molar-refractivity contribution in [2.75, 3.05) is 41.4 Å². The molecule has 1 saturated heterocycles. The van der Waals surface area contributed by atoms with E-state index in [9.17, 15) is 14.7 Å². The lowest BCUT2D eigenvalue weighted by molar-refractivity contribution is -0.140. The third-order valence-corrected chi connectivity index (χ3v) is 5.73. The molecule has 1 amide bonds. The number of amides is 1. The molecule has 1 aliphatic heterocycles. The Morgan fingerprint density at radius 2 is 1.78 bits per heavy atom. The zero-order chi connectivity index (χ0) is 23.6. The van der Waals surface area contributed by atoms with Gasteiger partial charge in [-0.05, 0) is 68.9 Å². The number of likely N-dealkylation sites (N-methyl/N-ethyl adjacent to an activating group) is 1. The van der Waals surface area contributed by atoms with Crippen LogP contribution in [-0.4, -0.2) is 68.0 Å². The summed E-state index contributed by atoms with van der Waals surface area (Å²) in [4.78, 5) is 29.6. The zero-order valence-electron chi connectivity index (χ0n) is 19.4. The Hall–Kier alpha value is -3.32. The first-order valence-corrected chi connectivity index (χ1v) is 10.4. The van der Waals surface area contributed by atoms with E-state index < -0.39 is 17.7 Å². The second-order valence-corrected chi connectivity index (χ2v) is 8.21. The van der Waals surface area contributed by atoms with Gasteiger partial charge in [0.2, 0.25) is 0 Å². The molecule has 170 valence electrons. The Morgan fingerprint density at radius 3 is 2.41 bits per heavy atom. The van der Waals surface area contributed by atoms with Gasteiger partial charge in [-0.15, -0.1) is 0 Å². The summed E-state index contributed by atoms with van der Waals surface area (Å²) < 4.78 is 10.7. The van der Waals surface area contributed by atoms with E-state index in [-0.39, 0.29) is 11.3 Å². The van der Waals surface area contributed by atoms with Gasteiger partial charge in [0.25, 0.3) is 11.7 Å². The molecule has 1 unspecified atom stereocenters. The number of carbonyl (C=O) groups is 2. The van der Waals surface area contributed by atoms with E-state index in [4.69, 9.17) is 9.47 Å². The Bertz CT molecular complexity index is 1070. The normalized spacial score (nSPS) is 17.8. The molecule has 2 aromatic carbocycles. The lowest BCUT2D eigenvalue weighted by Gasteiger charge is -2.27. The van der Waals surface area contributed by atoms with Crippen LogP contribution in [0.4, 0.5) is 0 Å². The Balaban J connectivity index is 2.21. The van der Waals surface area contributed by atoms with Gasteiger partial charge in [0, 0.05) is 18.7 Å². The first-order chi connectivity index (χ1) is 15.2. The first kappa shape index (κ1) is 23.3. The summed E-state index contributed by atoms with van der Waals surface area (Å²) in [5.74, 6) is -0.204. The number of nitrogens with zero attached hydrogens (tertiary/aromatic N) is 2. The van der Waals surface area contributed by atoms with Crippen molar-refractivity contribution in [1.29, 1.82) is 0 Å². The second-order valence-electron chi connectivity index (χ2n) is 8.21. The summed E-state index contributed by atoms with van der Waals surface area (Å²) in [7, 11) is 6.95. The predicted molar refractivity (Wildman–Crippen MR) is 123 cm³/mol. The molecular formula is C25H30N2O5. The van der Waals surface area contributed by atoms with Crippen LogP contribution < -0.4 is 9.47 Å². The largest absolute Gasteiger partial charge is 0.507 e. The van der Waals surface area contributed by atoms with Crippen LogP contribution in [0.2, 0.25) is 0 Å². The smallest absolute Gasteiger partial charge is 0.295 e. The third kappa shape index (κ3) is 4.34. The number of aliphatic hydroxyl groups excluding tert-OH is 1. The fourth-order valence-corrected chi connectivity index (χ4v) is 3.99. The van der Waals surface area contributed by atoms with Crippen molar-refractivity contribution in [1.82, 2.24) is 9.80 Å². The molecule has 1 aliphatic rings. The van der Waals surface area contributed by atoms with Crippen LogP contribution in [0, 0.1) is 13.8 Å². The van der Waals surface area contributed by atoms with E-state index in [1.54, 1.807) is 32.4 Å². The molecular weight excluding hydrogens is 408 g/mol. The maximum absolute atomic E-state index is 13.2. The molecule has 0 spiro atoms. The van der Waals surface area contributed by atoms with Crippen LogP contribution in [-0.2, 0) is 9.59 Å². The van der Waals surface area contributed by atoms with Crippen molar-refractivity contribution in [2.24, 2.45) is 0 Å². The number of aryl methyl sites for hydroxylation is 2. The molecule has 0 aliphatic carbocycles. The molecule has 0 saturated carbocycles. The van der Waals surface area contributed by atoms with Crippen LogP contribution in [0.15, 0.2) is 42.0 Å². The Labute approximate surface area is 188 Å². The number of benzene rings is 2. The molecule has 0 aromatic heterocycles. The minimum absolute atomic E-state index is 0.0784. The number of aliphatic hydroxyl groups is 1. The average Bonchev–Trinajstić information content (AvgIpc) is 3.03. The highest BCUT2D eigenvalue weighted by Crippen LogP contribution is 2.41. The number of ketones is 1. The number of ether oxygens (including phenoxy) is 2. The second kappa shape index (κ2) is 9.44. The van der Waals surface area contributed by atoms with Gasteiger partial charge >= 0.3 is 0 Å². The van der Waals surface area contributed by atoms with Gasteiger partial charge in [-0.25, -0.2) is 0 Å². The highest BCUT2D eigenvalue weighted by molar-refractivity contribution is 6.46. The number of hydrogen-bond acceptors (Lipinski definition) is 6. The van der Waals surface area contributed by atoms with Gasteiger partial charge in [0.1, 0.15) is 17.3 Å². The van der Waals surface area contributed by atoms with E-state index in [0.29, 0.717) is 35.7 Å². The van der Waals surface area contributed by atoms with Gasteiger partial charge in [0.05, 0.1) is 25.8 Å². The summed E-state index contributed by atoms with van der Waals surface area (Å²) in [5.41, 5.74) is 2.84.